The van der Waals surface area contributed by atoms with Crippen LogP contribution in [0.1, 0.15) is 22.9 Å². The molecule has 1 heterocycles. The van der Waals surface area contributed by atoms with Gasteiger partial charge < -0.3 is 10.1 Å². The molecule has 0 aliphatic heterocycles. The van der Waals surface area contributed by atoms with E-state index >= 15 is 0 Å². The number of aromatic amines is 1. The molecule has 0 bridgehead atoms. The lowest BCUT2D eigenvalue weighted by atomic mass is 10.0. The van der Waals surface area contributed by atoms with Gasteiger partial charge in [-0.3, -0.25) is 0 Å². The zero-order chi connectivity index (χ0) is 12.5. The highest BCUT2D eigenvalue weighted by molar-refractivity contribution is 5.80. The fourth-order valence-corrected chi connectivity index (χ4v) is 2.26. The van der Waals surface area contributed by atoms with Crippen LogP contribution in [0.25, 0.3) is 10.9 Å². The number of aliphatic hydroxyl groups excluding tert-OH is 1. The number of aromatic nitrogens is 1. The Morgan fingerprint density at radius 2 is 1.83 bits per heavy atom. The fourth-order valence-electron chi connectivity index (χ4n) is 2.26. The number of fused-ring (bicyclic) bond motifs is 1. The van der Waals surface area contributed by atoms with Gasteiger partial charge in [-0.1, -0.05) is 48.0 Å². The number of aryl methyl sites for hydroxylation is 1. The summed E-state index contributed by atoms with van der Waals surface area (Å²) in [5, 5.41) is 11.5. The second-order valence-corrected chi connectivity index (χ2v) is 4.63. The highest BCUT2D eigenvalue weighted by atomic mass is 16.3. The molecule has 1 atom stereocenters. The smallest absolute Gasteiger partial charge is 0.119 e. The molecule has 2 nitrogen and oxygen atoms in total. The number of rotatable bonds is 2. The van der Waals surface area contributed by atoms with Crippen LogP contribution in [0.4, 0.5) is 0 Å². The third-order valence-corrected chi connectivity index (χ3v) is 3.20. The maximum atomic E-state index is 10.4. The third kappa shape index (κ3) is 1.91. The molecule has 0 saturated carbocycles. The molecule has 2 heteroatoms. The molecule has 18 heavy (non-hydrogen) atoms. The standard InChI is InChI=1S/C16H15NO/c1-11-5-4-7-13(9-11)16(18)15-10-12-6-2-3-8-14(12)17-15/h2-10,16-18H,1H3. The first-order valence-corrected chi connectivity index (χ1v) is 6.06. The lowest BCUT2D eigenvalue weighted by molar-refractivity contribution is 0.216. The Morgan fingerprint density at radius 3 is 2.61 bits per heavy atom. The third-order valence-electron chi connectivity index (χ3n) is 3.20. The Kier molecular flexibility index (Phi) is 2.65. The van der Waals surface area contributed by atoms with Gasteiger partial charge in [0.25, 0.3) is 0 Å². The summed E-state index contributed by atoms with van der Waals surface area (Å²) in [5.74, 6) is 0. The Balaban J connectivity index is 2.03. The van der Waals surface area contributed by atoms with Crippen molar-refractivity contribution in [3.63, 3.8) is 0 Å². The molecule has 0 amide bonds. The van der Waals surface area contributed by atoms with Gasteiger partial charge in [0.15, 0.2) is 0 Å². The van der Waals surface area contributed by atoms with E-state index in [1.807, 2.05) is 61.5 Å². The van der Waals surface area contributed by atoms with Gasteiger partial charge in [0.05, 0.1) is 0 Å². The van der Waals surface area contributed by atoms with E-state index in [2.05, 4.69) is 4.98 Å². The van der Waals surface area contributed by atoms with E-state index in [0.717, 1.165) is 27.7 Å². The molecule has 0 radical (unpaired) electrons. The van der Waals surface area contributed by atoms with Gasteiger partial charge in [-0.25, -0.2) is 0 Å². The molecule has 0 saturated heterocycles. The van der Waals surface area contributed by atoms with Crippen LogP contribution in [-0.2, 0) is 0 Å². The van der Waals surface area contributed by atoms with Gasteiger partial charge in [-0.05, 0) is 30.0 Å². The molecule has 1 aromatic heterocycles. The topological polar surface area (TPSA) is 36.0 Å². The van der Waals surface area contributed by atoms with Crippen molar-refractivity contribution in [2.45, 2.75) is 13.0 Å². The van der Waals surface area contributed by atoms with E-state index in [-0.39, 0.29) is 0 Å². The summed E-state index contributed by atoms with van der Waals surface area (Å²) in [6.07, 6.45) is -0.600. The van der Waals surface area contributed by atoms with Crippen molar-refractivity contribution in [3.8, 4) is 0 Å². The lowest BCUT2D eigenvalue weighted by Crippen LogP contribution is -1.99. The Bertz CT molecular complexity index is 651. The second-order valence-electron chi connectivity index (χ2n) is 4.63. The predicted molar refractivity (Wildman–Crippen MR) is 73.5 cm³/mol. The molecular weight excluding hydrogens is 222 g/mol. The van der Waals surface area contributed by atoms with Crippen LogP contribution in [0.2, 0.25) is 0 Å². The summed E-state index contributed by atoms with van der Waals surface area (Å²) in [4.78, 5) is 3.26. The van der Waals surface area contributed by atoms with E-state index in [0.29, 0.717) is 0 Å². The number of nitrogens with one attached hydrogen (secondary N) is 1. The summed E-state index contributed by atoms with van der Waals surface area (Å²) in [6.45, 7) is 2.03. The van der Waals surface area contributed by atoms with Crippen molar-refractivity contribution in [1.29, 1.82) is 0 Å². The molecule has 3 rings (SSSR count). The molecule has 1 unspecified atom stereocenters. The molecule has 2 aromatic carbocycles. The maximum absolute atomic E-state index is 10.4. The van der Waals surface area contributed by atoms with Crippen molar-refractivity contribution in [2.24, 2.45) is 0 Å². The van der Waals surface area contributed by atoms with Gasteiger partial charge in [-0.15, -0.1) is 0 Å². The van der Waals surface area contributed by atoms with E-state index in [9.17, 15) is 5.11 Å². The number of benzene rings is 2. The molecule has 0 aliphatic rings. The summed E-state index contributed by atoms with van der Waals surface area (Å²) >= 11 is 0. The number of hydrogen-bond donors (Lipinski definition) is 2. The number of aliphatic hydroxyl groups is 1. The van der Waals surface area contributed by atoms with E-state index in [1.165, 1.54) is 0 Å². The zero-order valence-corrected chi connectivity index (χ0v) is 10.2. The van der Waals surface area contributed by atoms with Gasteiger partial charge >= 0.3 is 0 Å². The monoisotopic (exact) mass is 237 g/mol. The zero-order valence-electron chi connectivity index (χ0n) is 10.2. The molecule has 3 aromatic rings. The summed E-state index contributed by atoms with van der Waals surface area (Å²) in [6, 6.07) is 18.0. The number of hydrogen-bond acceptors (Lipinski definition) is 1. The average molecular weight is 237 g/mol. The largest absolute Gasteiger partial charge is 0.382 e. The highest BCUT2D eigenvalue weighted by Crippen LogP contribution is 2.25. The van der Waals surface area contributed by atoms with Gasteiger partial charge in [0.1, 0.15) is 6.10 Å². The number of H-pyrrole nitrogens is 1. The quantitative estimate of drug-likeness (QED) is 0.702. The van der Waals surface area contributed by atoms with Crippen LogP contribution in [0.3, 0.4) is 0 Å². The van der Waals surface area contributed by atoms with Crippen molar-refractivity contribution in [1.82, 2.24) is 4.98 Å². The van der Waals surface area contributed by atoms with Crippen molar-refractivity contribution >= 4 is 10.9 Å². The Hall–Kier alpha value is -2.06. The summed E-state index contributed by atoms with van der Waals surface area (Å²) < 4.78 is 0. The van der Waals surface area contributed by atoms with Gasteiger partial charge in [0, 0.05) is 11.2 Å². The minimum Gasteiger partial charge on any atom is -0.382 e. The first-order chi connectivity index (χ1) is 8.74. The SMILES string of the molecule is Cc1cccc(C(O)c2cc3ccccc3[nH]2)c1. The second kappa shape index (κ2) is 4.31. The summed E-state index contributed by atoms with van der Waals surface area (Å²) in [7, 11) is 0. The number of para-hydroxylation sites is 1. The van der Waals surface area contributed by atoms with Crippen molar-refractivity contribution < 1.29 is 5.11 Å². The van der Waals surface area contributed by atoms with Crippen LogP contribution < -0.4 is 0 Å². The lowest BCUT2D eigenvalue weighted by Gasteiger charge is -2.09. The molecule has 0 aliphatic carbocycles. The minimum absolute atomic E-state index is 0.600. The van der Waals surface area contributed by atoms with Crippen LogP contribution in [0.5, 0.6) is 0 Å². The van der Waals surface area contributed by atoms with Gasteiger partial charge in [0.2, 0.25) is 0 Å². The first-order valence-electron chi connectivity index (χ1n) is 6.06. The average Bonchev–Trinajstić information content (AvgIpc) is 2.81. The molecule has 90 valence electrons. The maximum Gasteiger partial charge on any atom is 0.119 e. The van der Waals surface area contributed by atoms with E-state index < -0.39 is 6.10 Å². The van der Waals surface area contributed by atoms with Crippen LogP contribution >= 0.6 is 0 Å². The van der Waals surface area contributed by atoms with Crippen LogP contribution in [-0.4, -0.2) is 10.1 Å². The first kappa shape index (κ1) is 11.1. The Labute approximate surface area is 106 Å². The fraction of sp³-hybridized carbons (Fsp3) is 0.125. The summed E-state index contributed by atoms with van der Waals surface area (Å²) in [5.41, 5.74) is 3.96. The van der Waals surface area contributed by atoms with E-state index in [1.54, 1.807) is 0 Å². The highest BCUT2D eigenvalue weighted by Gasteiger charge is 2.12. The minimum atomic E-state index is -0.600. The molecular formula is C16H15NO. The van der Waals surface area contributed by atoms with Gasteiger partial charge in [-0.2, -0.15) is 0 Å². The van der Waals surface area contributed by atoms with Crippen molar-refractivity contribution in [2.75, 3.05) is 0 Å². The van der Waals surface area contributed by atoms with Crippen molar-refractivity contribution in [3.05, 3.63) is 71.4 Å². The molecule has 2 N–H and O–H groups in total. The Morgan fingerprint density at radius 1 is 1.00 bits per heavy atom. The molecule has 0 fully saturated rings. The predicted octanol–water partition coefficient (Wildman–Crippen LogP) is 3.56. The van der Waals surface area contributed by atoms with Crippen LogP contribution in [0, 0.1) is 6.92 Å². The van der Waals surface area contributed by atoms with E-state index in [4.69, 9.17) is 0 Å². The van der Waals surface area contributed by atoms with Crippen LogP contribution in [0.15, 0.2) is 54.6 Å². The normalized spacial score (nSPS) is 12.8. The molecule has 0 spiro atoms.